The standard InChI is InChI=1S/C15H22N2O2S/c1-17(15(18)12-5-6-13(16)9-12)10-11-3-7-14(8-4-11)20(2)19/h3-4,7-8,12-13H,5-6,9-10,16H2,1-2H3. The number of rotatable bonds is 4. The van der Waals surface area contributed by atoms with Crippen molar-refractivity contribution in [3.8, 4) is 0 Å². The van der Waals surface area contributed by atoms with Gasteiger partial charge in [-0.2, -0.15) is 0 Å². The third-order valence-electron chi connectivity index (χ3n) is 3.87. The maximum Gasteiger partial charge on any atom is 0.225 e. The van der Waals surface area contributed by atoms with Crippen molar-refractivity contribution in [3.05, 3.63) is 29.8 Å². The zero-order chi connectivity index (χ0) is 14.7. The molecule has 1 aromatic rings. The zero-order valence-corrected chi connectivity index (χ0v) is 12.9. The zero-order valence-electron chi connectivity index (χ0n) is 12.0. The molecule has 2 N–H and O–H groups in total. The highest BCUT2D eigenvalue weighted by molar-refractivity contribution is 7.84. The fourth-order valence-corrected chi connectivity index (χ4v) is 3.21. The predicted molar refractivity (Wildman–Crippen MR) is 80.6 cm³/mol. The van der Waals surface area contributed by atoms with Gasteiger partial charge in [0.25, 0.3) is 0 Å². The molecule has 1 aliphatic rings. The molecule has 0 radical (unpaired) electrons. The van der Waals surface area contributed by atoms with Crippen LogP contribution >= 0.6 is 0 Å². The molecule has 1 saturated carbocycles. The van der Waals surface area contributed by atoms with E-state index in [1.807, 2.05) is 31.3 Å². The summed E-state index contributed by atoms with van der Waals surface area (Å²) in [5, 5.41) is 0. The maximum atomic E-state index is 12.3. The van der Waals surface area contributed by atoms with Crippen LogP contribution < -0.4 is 5.73 Å². The summed E-state index contributed by atoms with van der Waals surface area (Å²) in [7, 11) is 0.872. The first kappa shape index (κ1) is 15.2. The largest absolute Gasteiger partial charge is 0.341 e. The van der Waals surface area contributed by atoms with E-state index >= 15 is 0 Å². The Labute approximate surface area is 122 Å². The Bertz CT molecular complexity index is 501. The van der Waals surface area contributed by atoms with E-state index in [9.17, 15) is 9.00 Å². The summed E-state index contributed by atoms with van der Waals surface area (Å²) in [5.41, 5.74) is 6.91. The number of nitrogens with two attached hydrogens (primary N) is 1. The number of benzene rings is 1. The molecule has 3 atom stereocenters. The fourth-order valence-electron chi connectivity index (χ4n) is 2.69. The highest BCUT2D eigenvalue weighted by atomic mass is 32.2. The molecule has 1 fully saturated rings. The molecule has 1 aliphatic carbocycles. The van der Waals surface area contributed by atoms with Crippen LogP contribution in [0.25, 0.3) is 0 Å². The second-order valence-corrected chi connectivity index (χ2v) is 6.94. The molecule has 0 aliphatic heterocycles. The summed E-state index contributed by atoms with van der Waals surface area (Å²) in [6.45, 7) is 0.585. The number of amides is 1. The predicted octanol–water partition coefficient (Wildman–Crippen LogP) is 1.51. The van der Waals surface area contributed by atoms with E-state index in [2.05, 4.69) is 0 Å². The van der Waals surface area contributed by atoms with Gasteiger partial charge in [-0.1, -0.05) is 12.1 Å². The van der Waals surface area contributed by atoms with Crippen molar-refractivity contribution in [3.63, 3.8) is 0 Å². The van der Waals surface area contributed by atoms with Crippen molar-refractivity contribution in [2.75, 3.05) is 13.3 Å². The minimum Gasteiger partial charge on any atom is -0.341 e. The Balaban J connectivity index is 1.95. The van der Waals surface area contributed by atoms with E-state index in [-0.39, 0.29) is 17.9 Å². The van der Waals surface area contributed by atoms with E-state index in [0.29, 0.717) is 6.54 Å². The monoisotopic (exact) mass is 294 g/mol. The van der Waals surface area contributed by atoms with Crippen molar-refractivity contribution in [2.24, 2.45) is 11.7 Å². The lowest BCUT2D eigenvalue weighted by Gasteiger charge is -2.21. The molecule has 0 aromatic heterocycles. The first-order valence-corrected chi connectivity index (χ1v) is 8.46. The molecule has 0 saturated heterocycles. The van der Waals surface area contributed by atoms with Gasteiger partial charge in [-0.15, -0.1) is 0 Å². The average molecular weight is 294 g/mol. The summed E-state index contributed by atoms with van der Waals surface area (Å²) >= 11 is 0. The average Bonchev–Trinajstić information content (AvgIpc) is 2.85. The van der Waals surface area contributed by atoms with Gasteiger partial charge in [0, 0.05) is 47.5 Å². The van der Waals surface area contributed by atoms with Crippen LogP contribution in [0.5, 0.6) is 0 Å². The summed E-state index contributed by atoms with van der Waals surface area (Å²) in [6.07, 6.45) is 4.31. The lowest BCUT2D eigenvalue weighted by Crippen LogP contribution is -2.32. The van der Waals surface area contributed by atoms with Crippen LogP contribution in [0.15, 0.2) is 29.2 Å². The van der Waals surface area contributed by atoms with E-state index in [1.54, 1.807) is 11.2 Å². The summed E-state index contributed by atoms with van der Waals surface area (Å²) in [5.74, 6) is 0.263. The van der Waals surface area contributed by atoms with Gasteiger partial charge >= 0.3 is 0 Å². The van der Waals surface area contributed by atoms with Crippen molar-refractivity contribution in [2.45, 2.75) is 36.7 Å². The molecular weight excluding hydrogens is 272 g/mol. The van der Waals surface area contributed by atoms with Gasteiger partial charge in [-0.25, -0.2) is 0 Å². The van der Waals surface area contributed by atoms with E-state index in [1.165, 1.54) is 0 Å². The third-order valence-corrected chi connectivity index (χ3v) is 4.81. The van der Waals surface area contributed by atoms with Gasteiger partial charge in [-0.3, -0.25) is 9.00 Å². The van der Waals surface area contributed by atoms with Crippen molar-refractivity contribution in [1.29, 1.82) is 0 Å². The molecule has 1 amide bonds. The molecule has 0 bridgehead atoms. The number of carbonyl (C=O) groups is 1. The summed E-state index contributed by atoms with van der Waals surface area (Å²) < 4.78 is 11.3. The molecule has 1 aromatic carbocycles. The Morgan fingerprint density at radius 2 is 2.00 bits per heavy atom. The van der Waals surface area contributed by atoms with E-state index < -0.39 is 10.8 Å². The van der Waals surface area contributed by atoms with Crippen molar-refractivity contribution < 1.29 is 9.00 Å². The van der Waals surface area contributed by atoms with Crippen molar-refractivity contribution >= 4 is 16.7 Å². The molecule has 110 valence electrons. The van der Waals surface area contributed by atoms with Crippen LogP contribution in [0.1, 0.15) is 24.8 Å². The lowest BCUT2D eigenvalue weighted by molar-refractivity contribution is -0.134. The minimum atomic E-state index is -0.959. The first-order chi connectivity index (χ1) is 9.47. The normalized spacial score (nSPS) is 23.6. The summed E-state index contributed by atoms with van der Waals surface area (Å²) in [4.78, 5) is 14.9. The van der Waals surface area contributed by atoms with E-state index in [4.69, 9.17) is 5.73 Å². The molecule has 0 heterocycles. The van der Waals surface area contributed by atoms with Crippen LogP contribution in [0, 0.1) is 5.92 Å². The van der Waals surface area contributed by atoms with Crippen LogP contribution in [0.4, 0.5) is 0 Å². The maximum absolute atomic E-state index is 12.3. The van der Waals surface area contributed by atoms with Crippen LogP contribution in [0.3, 0.4) is 0 Å². The minimum absolute atomic E-state index is 0.0809. The fraction of sp³-hybridized carbons (Fsp3) is 0.533. The van der Waals surface area contributed by atoms with Gasteiger partial charge in [0.1, 0.15) is 0 Å². The van der Waals surface area contributed by atoms with Crippen LogP contribution in [0.2, 0.25) is 0 Å². The summed E-state index contributed by atoms with van der Waals surface area (Å²) in [6, 6.07) is 7.75. The molecule has 2 rings (SSSR count). The number of nitrogens with zero attached hydrogens (tertiary/aromatic N) is 1. The van der Waals surface area contributed by atoms with Gasteiger partial charge in [0.15, 0.2) is 0 Å². The highest BCUT2D eigenvalue weighted by Crippen LogP contribution is 2.26. The second kappa shape index (κ2) is 6.50. The quantitative estimate of drug-likeness (QED) is 0.915. The number of hydrogen-bond acceptors (Lipinski definition) is 3. The first-order valence-electron chi connectivity index (χ1n) is 6.90. The highest BCUT2D eigenvalue weighted by Gasteiger charge is 2.29. The smallest absolute Gasteiger partial charge is 0.225 e. The van der Waals surface area contributed by atoms with Gasteiger partial charge < -0.3 is 10.6 Å². The number of carbonyl (C=O) groups excluding carboxylic acids is 1. The molecule has 4 nitrogen and oxygen atoms in total. The van der Waals surface area contributed by atoms with Crippen molar-refractivity contribution in [1.82, 2.24) is 4.90 Å². The van der Waals surface area contributed by atoms with Crippen LogP contribution in [-0.4, -0.2) is 34.4 Å². The van der Waals surface area contributed by atoms with Crippen LogP contribution in [-0.2, 0) is 22.1 Å². The van der Waals surface area contributed by atoms with Gasteiger partial charge in [0.2, 0.25) is 5.91 Å². The molecule has 20 heavy (non-hydrogen) atoms. The Hall–Kier alpha value is -1.20. The topological polar surface area (TPSA) is 63.4 Å². The second-order valence-electron chi connectivity index (χ2n) is 5.56. The van der Waals surface area contributed by atoms with Gasteiger partial charge in [0.05, 0.1) is 0 Å². The third kappa shape index (κ3) is 3.67. The van der Waals surface area contributed by atoms with Gasteiger partial charge in [-0.05, 0) is 37.0 Å². The van der Waals surface area contributed by atoms with E-state index in [0.717, 1.165) is 29.7 Å². The molecular formula is C15H22N2O2S. The Kier molecular flexibility index (Phi) is 4.94. The Morgan fingerprint density at radius 1 is 1.35 bits per heavy atom. The molecule has 3 unspecified atom stereocenters. The number of hydrogen-bond donors (Lipinski definition) is 1. The lowest BCUT2D eigenvalue weighted by atomic mass is 10.1. The Morgan fingerprint density at radius 3 is 2.50 bits per heavy atom. The molecule has 0 spiro atoms. The SMILES string of the molecule is CN(Cc1ccc(S(C)=O)cc1)C(=O)C1CCC(N)C1. The molecule has 5 heteroatoms.